The molecule has 0 radical (unpaired) electrons. The average molecular weight is 471 g/mol. The molecule has 0 atom stereocenters. The number of nitrogens with zero attached hydrogens (tertiary/aromatic N) is 3. The van der Waals surface area contributed by atoms with Crippen molar-refractivity contribution in [1.29, 1.82) is 0 Å². The zero-order chi connectivity index (χ0) is 21.9. The van der Waals surface area contributed by atoms with Crippen LogP contribution in [-0.2, 0) is 15.6 Å². The Morgan fingerprint density at radius 2 is 1.90 bits per heavy atom. The molecule has 3 rings (SSSR count). The van der Waals surface area contributed by atoms with Crippen LogP contribution in [-0.4, -0.2) is 61.6 Å². The van der Waals surface area contributed by atoms with Crippen LogP contribution in [0, 0.1) is 0 Å². The third-order valence-electron chi connectivity index (χ3n) is 5.44. The van der Waals surface area contributed by atoms with Gasteiger partial charge >= 0.3 is 0 Å². The van der Waals surface area contributed by atoms with E-state index in [9.17, 15) is 13.2 Å². The van der Waals surface area contributed by atoms with Gasteiger partial charge in [-0.1, -0.05) is 29.3 Å². The molecule has 0 unspecified atom stereocenters. The fraction of sp³-hybridized carbons (Fsp3) is 0.400. The summed E-state index contributed by atoms with van der Waals surface area (Å²) in [5, 5.41) is 3.69. The van der Waals surface area contributed by atoms with E-state index < -0.39 is 15.6 Å². The standard InChI is InChI=1S/C20H24Cl2N4O3S/c1-25(2)30(28,29)26-11-8-20(9-12-26,18-5-3-4-10-23-18)14-24-19(27)16-7-6-15(21)13-17(16)22/h3-7,10,13H,8-9,11-12,14H2,1-2H3,(H,24,27). The van der Waals surface area contributed by atoms with E-state index in [1.807, 2.05) is 18.2 Å². The second-order valence-electron chi connectivity index (χ2n) is 7.49. The molecule has 1 aliphatic heterocycles. The zero-order valence-electron chi connectivity index (χ0n) is 16.8. The molecule has 162 valence electrons. The van der Waals surface area contributed by atoms with Crippen molar-refractivity contribution in [3.05, 3.63) is 63.9 Å². The minimum atomic E-state index is -3.49. The normalized spacial score (nSPS) is 17.1. The fourth-order valence-corrected chi connectivity index (χ4v) is 5.19. The lowest BCUT2D eigenvalue weighted by molar-refractivity contribution is 0.0931. The minimum Gasteiger partial charge on any atom is -0.351 e. The number of pyridine rings is 1. The Morgan fingerprint density at radius 1 is 1.20 bits per heavy atom. The van der Waals surface area contributed by atoms with Crippen LogP contribution in [0.5, 0.6) is 0 Å². The summed E-state index contributed by atoms with van der Waals surface area (Å²) in [4.78, 5) is 17.2. The molecule has 0 spiro atoms. The molecule has 1 amide bonds. The van der Waals surface area contributed by atoms with Crippen molar-refractivity contribution >= 4 is 39.3 Å². The van der Waals surface area contributed by atoms with Crippen molar-refractivity contribution in [2.24, 2.45) is 0 Å². The summed E-state index contributed by atoms with van der Waals surface area (Å²) >= 11 is 12.1. The van der Waals surface area contributed by atoms with E-state index in [4.69, 9.17) is 23.2 Å². The molecule has 1 aromatic carbocycles. The molecule has 2 aromatic rings. The predicted octanol–water partition coefficient (Wildman–Crippen LogP) is 2.96. The summed E-state index contributed by atoms with van der Waals surface area (Å²) in [6.07, 6.45) is 2.77. The van der Waals surface area contributed by atoms with Crippen molar-refractivity contribution < 1.29 is 13.2 Å². The highest BCUT2D eigenvalue weighted by Gasteiger charge is 2.41. The van der Waals surface area contributed by atoms with Crippen LogP contribution in [0.25, 0.3) is 0 Å². The third-order valence-corrected chi connectivity index (χ3v) is 7.93. The van der Waals surface area contributed by atoms with E-state index >= 15 is 0 Å². The monoisotopic (exact) mass is 470 g/mol. The van der Waals surface area contributed by atoms with Crippen LogP contribution >= 0.6 is 23.2 Å². The molecule has 0 aliphatic carbocycles. The summed E-state index contributed by atoms with van der Waals surface area (Å²) < 4.78 is 27.7. The van der Waals surface area contributed by atoms with Gasteiger partial charge in [-0.15, -0.1) is 0 Å². The van der Waals surface area contributed by atoms with E-state index in [-0.39, 0.29) is 10.9 Å². The van der Waals surface area contributed by atoms with Gasteiger partial charge in [-0.05, 0) is 43.2 Å². The highest BCUT2D eigenvalue weighted by atomic mass is 35.5. The van der Waals surface area contributed by atoms with Crippen molar-refractivity contribution in [2.45, 2.75) is 18.3 Å². The molecular formula is C20H24Cl2N4O3S. The summed E-state index contributed by atoms with van der Waals surface area (Å²) in [6.45, 7) is 1.00. The Morgan fingerprint density at radius 3 is 2.47 bits per heavy atom. The van der Waals surface area contributed by atoms with Gasteiger partial charge in [0.15, 0.2) is 0 Å². The number of benzene rings is 1. The Labute approximate surface area is 187 Å². The van der Waals surface area contributed by atoms with Gasteiger partial charge < -0.3 is 5.32 Å². The van der Waals surface area contributed by atoms with E-state index in [1.54, 1.807) is 18.3 Å². The number of nitrogens with one attached hydrogen (secondary N) is 1. The number of hydrogen-bond donors (Lipinski definition) is 1. The second kappa shape index (κ2) is 9.20. The maximum atomic E-state index is 12.7. The maximum absolute atomic E-state index is 12.7. The van der Waals surface area contributed by atoms with Crippen molar-refractivity contribution in [3.63, 3.8) is 0 Å². The Hall–Kier alpha value is -1.71. The van der Waals surface area contributed by atoms with Crippen LogP contribution in [0.2, 0.25) is 10.0 Å². The zero-order valence-corrected chi connectivity index (χ0v) is 19.1. The molecule has 7 nitrogen and oxygen atoms in total. The molecule has 1 saturated heterocycles. The molecule has 10 heteroatoms. The Bertz CT molecular complexity index is 1010. The first-order valence-electron chi connectivity index (χ1n) is 9.48. The molecule has 0 bridgehead atoms. The van der Waals surface area contributed by atoms with Crippen LogP contribution in [0.4, 0.5) is 0 Å². The van der Waals surface area contributed by atoms with Crippen molar-refractivity contribution in [2.75, 3.05) is 33.7 Å². The highest BCUT2D eigenvalue weighted by molar-refractivity contribution is 7.86. The smallest absolute Gasteiger partial charge is 0.281 e. The number of carbonyl (C=O) groups excluding carboxylic acids is 1. The van der Waals surface area contributed by atoms with Crippen LogP contribution < -0.4 is 5.32 Å². The first-order valence-corrected chi connectivity index (χ1v) is 11.6. The van der Waals surface area contributed by atoms with Gasteiger partial charge in [0.1, 0.15) is 0 Å². The lowest BCUT2D eigenvalue weighted by Crippen LogP contribution is -2.52. The number of piperidine rings is 1. The van der Waals surface area contributed by atoms with E-state index in [1.165, 1.54) is 28.8 Å². The summed E-state index contributed by atoms with van der Waals surface area (Å²) in [7, 11) is -0.448. The highest BCUT2D eigenvalue weighted by Crippen LogP contribution is 2.35. The Balaban J connectivity index is 1.80. The number of rotatable bonds is 6. The number of aromatic nitrogens is 1. The predicted molar refractivity (Wildman–Crippen MR) is 118 cm³/mol. The average Bonchev–Trinajstić information content (AvgIpc) is 2.73. The summed E-state index contributed by atoms with van der Waals surface area (Å²) in [5.74, 6) is -0.310. The Kier molecular flexibility index (Phi) is 7.04. The van der Waals surface area contributed by atoms with Gasteiger partial charge in [-0.25, -0.2) is 0 Å². The first kappa shape index (κ1) is 23.0. The van der Waals surface area contributed by atoms with Crippen LogP contribution in [0.3, 0.4) is 0 Å². The third kappa shape index (κ3) is 4.78. The minimum absolute atomic E-state index is 0.277. The van der Waals surface area contributed by atoms with Gasteiger partial charge in [0.05, 0.1) is 10.6 Å². The molecule has 1 fully saturated rings. The lowest BCUT2D eigenvalue weighted by Gasteiger charge is -2.41. The second-order valence-corrected chi connectivity index (χ2v) is 10.5. The van der Waals surface area contributed by atoms with E-state index in [0.29, 0.717) is 43.1 Å². The topological polar surface area (TPSA) is 82.6 Å². The molecular weight excluding hydrogens is 447 g/mol. The van der Waals surface area contributed by atoms with Crippen molar-refractivity contribution in [1.82, 2.24) is 18.9 Å². The number of amides is 1. The van der Waals surface area contributed by atoms with Gasteiger partial charge in [-0.2, -0.15) is 17.0 Å². The van der Waals surface area contributed by atoms with Crippen LogP contribution in [0.15, 0.2) is 42.6 Å². The number of halogens is 2. The van der Waals surface area contributed by atoms with Crippen molar-refractivity contribution in [3.8, 4) is 0 Å². The largest absolute Gasteiger partial charge is 0.351 e. The van der Waals surface area contributed by atoms with Gasteiger partial charge in [0.25, 0.3) is 16.1 Å². The van der Waals surface area contributed by atoms with Gasteiger partial charge in [0.2, 0.25) is 0 Å². The number of carbonyl (C=O) groups is 1. The maximum Gasteiger partial charge on any atom is 0.281 e. The molecule has 1 aromatic heterocycles. The molecule has 0 saturated carbocycles. The fourth-order valence-electron chi connectivity index (χ4n) is 3.59. The molecule has 30 heavy (non-hydrogen) atoms. The summed E-state index contributed by atoms with van der Waals surface area (Å²) in [6, 6.07) is 10.4. The molecule has 2 heterocycles. The van der Waals surface area contributed by atoms with E-state index in [2.05, 4.69) is 10.3 Å². The lowest BCUT2D eigenvalue weighted by atomic mass is 9.75. The number of hydrogen-bond acceptors (Lipinski definition) is 4. The first-order chi connectivity index (χ1) is 14.2. The quantitative estimate of drug-likeness (QED) is 0.703. The van der Waals surface area contributed by atoms with Gasteiger partial charge in [0, 0.05) is 56.1 Å². The molecule has 1 N–H and O–H groups in total. The van der Waals surface area contributed by atoms with E-state index in [0.717, 1.165) is 5.69 Å². The molecule has 1 aliphatic rings. The SMILES string of the molecule is CN(C)S(=O)(=O)N1CCC(CNC(=O)c2ccc(Cl)cc2Cl)(c2ccccn2)CC1. The van der Waals surface area contributed by atoms with Gasteiger partial charge in [-0.3, -0.25) is 9.78 Å². The summed E-state index contributed by atoms with van der Waals surface area (Å²) in [5.41, 5.74) is 0.688. The van der Waals surface area contributed by atoms with Crippen LogP contribution in [0.1, 0.15) is 28.9 Å².